The number of hydrogen-bond donors (Lipinski definition) is 0. The van der Waals surface area contributed by atoms with Gasteiger partial charge in [-0.2, -0.15) is 0 Å². The maximum Gasteiger partial charge on any atom is 0.266 e. The van der Waals surface area contributed by atoms with Crippen LogP contribution in [0.5, 0.6) is 0 Å². The summed E-state index contributed by atoms with van der Waals surface area (Å²) in [4.78, 5) is 20.0. The van der Waals surface area contributed by atoms with Gasteiger partial charge in [-0.25, -0.2) is 4.98 Å². The largest absolute Gasteiger partial charge is 0.462 e. The lowest BCUT2D eigenvalue weighted by Crippen LogP contribution is -2.32. The van der Waals surface area contributed by atoms with Crippen LogP contribution in [0.4, 0.5) is 0 Å². The van der Waals surface area contributed by atoms with E-state index in [1.54, 1.807) is 12.5 Å². The van der Waals surface area contributed by atoms with Gasteiger partial charge in [-0.15, -0.1) is 11.3 Å². The molecule has 0 aliphatic heterocycles. The zero-order valence-corrected chi connectivity index (χ0v) is 14.3. The molecule has 0 radical (unpaired) electrons. The summed E-state index contributed by atoms with van der Waals surface area (Å²) in [5, 5.41) is 0.745. The van der Waals surface area contributed by atoms with Crippen LogP contribution in [0.2, 0.25) is 0 Å². The lowest BCUT2D eigenvalue weighted by molar-refractivity contribution is 0.0734. The number of carbonyl (C=O) groups is 1. The fraction of sp³-hybridized carbons (Fsp3) is 0.263. The van der Waals surface area contributed by atoms with Crippen LogP contribution < -0.4 is 0 Å². The van der Waals surface area contributed by atoms with E-state index in [9.17, 15) is 4.79 Å². The summed E-state index contributed by atoms with van der Waals surface area (Å²) in [5.41, 5.74) is 2.39. The van der Waals surface area contributed by atoms with E-state index in [-0.39, 0.29) is 5.91 Å². The molecule has 1 saturated carbocycles. The lowest BCUT2D eigenvalue weighted by atomic mass is 10.1. The number of hydrogen-bond acceptors (Lipinski definition) is 4. The number of nitrogens with zero attached hydrogens (tertiary/aromatic N) is 2. The highest BCUT2D eigenvalue weighted by Gasteiger charge is 2.34. The summed E-state index contributed by atoms with van der Waals surface area (Å²) < 4.78 is 5.36. The highest BCUT2D eigenvalue weighted by atomic mass is 32.1. The Morgan fingerprint density at radius 3 is 2.92 bits per heavy atom. The maximum atomic E-state index is 13.0. The molecule has 0 N–H and O–H groups in total. The molecule has 5 heteroatoms. The molecule has 24 heavy (non-hydrogen) atoms. The first-order valence-corrected chi connectivity index (χ1v) is 8.88. The van der Waals surface area contributed by atoms with E-state index in [1.165, 1.54) is 22.5 Å². The third-order valence-corrected chi connectivity index (χ3v) is 5.13. The van der Waals surface area contributed by atoms with Crippen molar-refractivity contribution in [3.05, 3.63) is 64.9 Å². The van der Waals surface area contributed by atoms with Gasteiger partial charge in [-0.05, 0) is 37.5 Å². The Bertz CT molecular complexity index is 850. The number of aryl methyl sites for hydroxylation is 1. The summed E-state index contributed by atoms with van der Waals surface area (Å²) in [7, 11) is 0. The Balaban J connectivity index is 1.56. The number of benzene rings is 1. The average molecular weight is 338 g/mol. The van der Waals surface area contributed by atoms with Crippen molar-refractivity contribution in [2.24, 2.45) is 0 Å². The molecular weight excluding hydrogens is 320 g/mol. The van der Waals surface area contributed by atoms with Crippen LogP contribution in [-0.4, -0.2) is 21.8 Å². The van der Waals surface area contributed by atoms with Crippen molar-refractivity contribution in [2.45, 2.75) is 32.4 Å². The molecular formula is C19H18N2O2S. The molecule has 0 saturated heterocycles. The number of thiazole rings is 1. The molecule has 4 rings (SSSR count). The van der Waals surface area contributed by atoms with Gasteiger partial charge in [0.25, 0.3) is 5.91 Å². The van der Waals surface area contributed by atoms with Gasteiger partial charge < -0.3 is 9.32 Å². The van der Waals surface area contributed by atoms with Crippen molar-refractivity contribution in [3.8, 4) is 10.8 Å². The summed E-state index contributed by atoms with van der Waals surface area (Å²) in [6.07, 6.45) is 5.45. The minimum atomic E-state index is 0.0642. The van der Waals surface area contributed by atoms with Gasteiger partial charge in [0, 0.05) is 12.6 Å². The molecule has 1 aromatic carbocycles. The second kappa shape index (κ2) is 6.24. The van der Waals surface area contributed by atoms with Gasteiger partial charge in [-0.1, -0.05) is 29.8 Å². The Labute approximate surface area is 144 Å². The van der Waals surface area contributed by atoms with Gasteiger partial charge in [-0.3, -0.25) is 4.79 Å². The average Bonchev–Trinajstić information content (AvgIpc) is 3.08. The van der Waals surface area contributed by atoms with E-state index in [4.69, 9.17) is 4.42 Å². The quantitative estimate of drug-likeness (QED) is 0.687. The van der Waals surface area contributed by atoms with E-state index >= 15 is 0 Å². The van der Waals surface area contributed by atoms with Crippen molar-refractivity contribution < 1.29 is 9.21 Å². The van der Waals surface area contributed by atoms with Crippen molar-refractivity contribution in [2.75, 3.05) is 0 Å². The fourth-order valence-electron chi connectivity index (χ4n) is 2.79. The number of carbonyl (C=O) groups excluding carboxylic acids is 1. The summed E-state index contributed by atoms with van der Waals surface area (Å²) in [5.74, 6) is 0.769. The van der Waals surface area contributed by atoms with Gasteiger partial charge in [0.15, 0.2) is 10.8 Å². The van der Waals surface area contributed by atoms with Crippen LogP contribution in [-0.2, 0) is 6.54 Å². The predicted molar refractivity (Wildman–Crippen MR) is 93.9 cm³/mol. The molecule has 0 atom stereocenters. The molecule has 0 unspecified atom stereocenters. The third kappa shape index (κ3) is 3.12. The van der Waals surface area contributed by atoms with E-state index < -0.39 is 0 Å². The maximum absolute atomic E-state index is 13.0. The Kier molecular flexibility index (Phi) is 3.94. The van der Waals surface area contributed by atoms with E-state index in [0.29, 0.717) is 23.2 Å². The minimum Gasteiger partial charge on any atom is -0.462 e. The number of aromatic nitrogens is 1. The topological polar surface area (TPSA) is 46.3 Å². The van der Waals surface area contributed by atoms with Crippen molar-refractivity contribution in [3.63, 3.8) is 0 Å². The molecule has 2 heterocycles. The van der Waals surface area contributed by atoms with E-state index in [0.717, 1.165) is 17.8 Å². The smallest absolute Gasteiger partial charge is 0.266 e. The molecule has 122 valence electrons. The van der Waals surface area contributed by atoms with Crippen LogP contribution >= 0.6 is 11.3 Å². The van der Waals surface area contributed by atoms with Gasteiger partial charge in [0.05, 0.1) is 12.5 Å². The molecule has 3 aromatic rings. The molecule has 0 bridgehead atoms. The third-order valence-electron chi connectivity index (χ3n) is 4.13. The predicted octanol–water partition coefficient (Wildman–Crippen LogP) is 4.52. The molecule has 2 aromatic heterocycles. The number of rotatable bonds is 5. The zero-order valence-electron chi connectivity index (χ0n) is 13.4. The van der Waals surface area contributed by atoms with Crippen LogP contribution in [0.25, 0.3) is 10.8 Å². The second-order valence-corrected chi connectivity index (χ2v) is 7.19. The molecule has 1 fully saturated rings. The van der Waals surface area contributed by atoms with E-state index in [1.807, 2.05) is 23.1 Å². The van der Waals surface area contributed by atoms with Crippen molar-refractivity contribution in [1.29, 1.82) is 0 Å². The van der Waals surface area contributed by atoms with Crippen LogP contribution in [0.3, 0.4) is 0 Å². The number of furan rings is 1. The Morgan fingerprint density at radius 2 is 2.21 bits per heavy atom. The molecule has 0 spiro atoms. The van der Waals surface area contributed by atoms with Gasteiger partial charge in [0.1, 0.15) is 4.88 Å². The monoisotopic (exact) mass is 338 g/mol. The minimum absolute atomic E-state index is 0.0642. The summed E-state index contributed by atoms with van der Waals surface area (Å²) >= 11 is 1.39. The van der Waals surface area contributed by atoms with Crippen LogP contribution in [0.15, 0.2) is 53.3 Å². The fourth-order valence-corrected chi connectivity index (χ4v) is 3.63. The van der Waals surface area contributed by atoms with Gasteiger partial charge >= 0.3 is 0 Å². The van der Waals surface area contributed by atoms with Crippen molar-refractivity contribution >= 4 is 17.2 Å². The standard InChI is InChI=1S/C19H18N2O2S/c1-13-4-2-5-14(10-13)12-21(15-7-8-15)19(22)17-11-20-18(24-17)16-6-3-9-23-16/h2-6,9-11,15H,7-8,12H2,1H3. The van der Waals surface area contributed by atoms with Crippen LogP contribution in [0.1, 0.15) is 33.6 Å². The first kappa shape index (κ1) is 15.1. The highest BCUT2D eigenvalue weighted by molar-refractivity contribution is 7.16. The zero-order chi connectivity index (χ0) is 16.5. The van der Waals surface area contributed by atoms with Gasteiger partial charge in [0.2, 0.25) is 0 Å². The molecule has 1 aliphatic rings. The number of amides is 1. The second-order valence-electron chi connectivity index (χ2n) is 6.16. The highest BCUT2D eigenvalue weighted by Crippen LogP contribution is 2.32. The van der Waals surface area contributed by atoms with Crippen LogP contribution in [0, 0.1) is 6.92 Å². The summed E-state index contributed by atoms with van der Waals surface area (Å²) in [6, 6.07) is 12.4. The lowest BCUT2D eigenvalue weighted by Gasteiger charge is -2.22. The Morgan fingerprint density at radius 1 is 1.33 bits per heavy atom. The SMILES string of the molecule is Cc1cccc(CN(C(=O)c2cnc(-c3ccco3)s2)C2CC2)c1. The van der Waals surface area contributed by atoms with Crippen molar-refractivity contribution in [1.82, 2.24) is 9.88 Å². The molecule has 1 amide bonds. The normalized spacial score (nSPS) is 13.9. The Hall–Kier alpha value is -2.40. The first-order chi connectivity index (χ1) is 11.7. The van der Waals surface area contributed by atoms with E-state index in [2.05, 4.69) is 30.1 Å². The summed E-state index contributed by atoms with van der Waals surface area (Å²) in [6.45, 7) is 2.73. The molecule has 1 aliphatic carbocycles. The molecule has 4 nitrogen and oxygen atoms in total. The first-order valence-electron chi connectivity index (χ1n) is 8.07.